The first-order chi connectivity index (χ1) is 18.6. The number of nitrogens with one attached hydrogen (secondary N) is 4. The van der Waals surface area contributed by atoms with Crippen LogP contribution < -0.4 is 26.0 Å². The number of methoxy groups -OCH3 is 1. The van der Waals surface area contributed by atoms with Crippen LogP contribution >= 0.6 is 0 Å². The minimum Gasteiger partial charge on any atom is -0.494 e. The molecule has 1 fully saturated rings. The predicted molar refractivity (Wildman–Crippen MR) is 146 cm³/mol. The second kappa shape index (κ2) is 11.6. The summed E-state index contributed by atoms with van der Waals surface area (Å²) >= 11 is 0. The standard InChI is InChI=1S/C27H29N9O2/c1-17-4-3-5-21(31-17)25-29-14-10-23(35-25)34-24-11-15-30-27(36-24)32-19-6-7-20(22(16-19)38-2)33-26(37)18-8-12-28-13-9-18/h3-7,10-11,14-16,18,28H,8-9,12-13H2,1-2H3,(H,33,37)(H2,29,30,32,34,35,36). The number of carbonyl (C=O) groups excluding carboxylic acids is 1. The van der Waals surface area contributed by atoms with Gasteiger partial charge in [0.05, 0.1) is 12.8 Å². The average Bonchev–Trinajstić information content (AvgIpc) is 2.94. The number of hydrogen-bond acceptors (Lipinski definition) is 10. The minimum atomic E-state index is 0.00133. The van der Waals surface area contributed by atoms with Gasteiger partial charge in [-0.3, -0.25) is 4.79 Å². The molecule has 0 spiro atoms. The number of pyridine rings is 1. The minimum absolute atomic E-state index is 0.00133. The molecule has 4 N–H and O–H groups in total. The maximum Gasteiger partial charge on any atom is 0.229 e. The molecule has 1 aliphatic rings. The van der Waals surface area contributed by atoms with Gasteiger partial charge in [-0.05, 0) is 69.3 Å². The third kappa shape index (κ3) is 6.19. The number of ether oxygens (including phenoxy) is 1. The first kappa shape index (κ1) is 25.0. The highest BCUT2D eigenvalue weighted by Gasteiger charge is 2.22. The Hall–Kier alpha value is -4.64. The number of aromatic nitrogens is 5. The zero-order valence-electron chi connectivity index (χ0n) is 21.2. The summed E-state index contributed by atoms with van der Waals surface area (Å²) in [5.74, 6) is 2.61. The summed E-state index contributed by atoms with van der Waals surface area (Å²) in [6.07, 6.45) is 4.98. The fourth-order valence-corrected chi connectivity index (χ4v) is 4.16. The molecule has 0 unspecified atom stereocenters. The van der Waals surface area contributed by atoms with Gasteiger partial charge < -0.3 is 26.0 Å². The van der Waals surface area contributed by atoms with Crippen LogP contribution in [0.5, 0.6) is 5.75 Å². The Bertz CT molecular complexity index is 1420. The van der Waals surface area contributed by atoms with Gasteiger partial charge in [0.25, 0.3) is 0 Å². The summed E-state index contributed by atoms with van der Waals surface area (Å²) < 4.78 is 5.53. The second-order valence-electron chi connectivity index (χ2n) is 8.87. The Labute approximate surface area is 220 Å². The number of benzene rings is 1. The van der Waals surface area contributed by atoms with E-state index in [9.17, 15) is 4.79 Å². The van der Waals surface area contributed by atoms with E-state index in [-0.39, 0.29) is 11.8 Å². The molecule has 1 saturated heterocycles. The quantitative estimate of drug-likeness (QED) is 0.274. The van der Waals surface area contributed by atoms with Gasteiger partial charge in [0.15, 0.2) is 5.82 Å². The number of amides is 1. The SMILES string of the molecule is COc1cc(Nc2nccc(Nc3ccnc(-c4cccc(C)n4)n3)n2)ccc1NC(=O)C1CCNCC1. The van der Waals surface area contributed by atoms with E-state index in [0.717, 1.165) is 31.6 Å². The summed E-state index contributed by atoms with van der Waals surface area (Å²) in [7, 11) is 1.57. The maximum absolute atomic E-state index is 12.7. The predicted octanol–water partition coefficient (Wildman–Crippen LogP) is 4.07. The summed E-state index contributed by atoms with van der Waals surface area (Å²) in [6.45, 7) is 3.64. The fourth-order valence-electron chi connectivity index (χ4n) is 4.16. The normalized spacial score (nSPS) is 13.5. The van der Waals surface area contributed by atoms with Crippen LogP contribution in [-0.4, -0.2) is 51.0 Å². The lowest BCUT2D eigenvalue weighted by Gasteiger charge is -2.22. The maximum atomic E-state index is 12.7. The Kier molecular flexibility index (Phi) is 7.65. The molecule has 3 aromatic heterocycles. The van der Waals surface area contributed by atoms with Crippen LogP contribution in [-0.2, 0) is 4.79 Å². The van der Waals surface area contributed by atoms with Crippen LogP contribution in [0.15, 0.2) is 60.9 Å². The van der Waals surface area contributed by atoms with Crippen molar-refractivity contribution in [2.75, 3.05) is 36.1 Å². The van der Waals surface area contributed by atoms with Gasteiger partial charge in [0.2, 0.25) is 11.9 Å². The average molecular weight is 512 g/mol. The van der Waals surface area contributed by atoms with Crippen molar-refractivity contribution in [3.05, 3.63) is 66.6 Å². The van der Waals surface area contributed by atoms with E-state index in [0.29, 0.717) is 46.2 Å². The molecule has 1 amide bonds. The van der Waals surface area contributed by atoms with Gasteiger partial charge in [0.1, 0.15) is 23.1 Å². The third-order valence-electron chi connectivity index (χ3n) is 6.11. The van der Waals surface area contributed by atoms with Crippen molar-refractivity contribution in [1.82, 2.24) is 30.2 Å². The first-order valence-corrected chi connectivity index (χ1v) is 12.4. The van der Waals surface area contributed by atoms with Crippen LogP contribution in [0.3, 0.4) is 0 Å². The van der Waals surface area contributed by atoms with E-state index in [1.54, 1.807) is 37.7 Å². The van der Waals surface area contributed by atoms with E-state index in [1.807, 2.05) is 37.3 Å². The Morgan fingerprint density at radius 3 is 2.53 bits per heavy atom. The van der Waals surface area contributed by atoms with Crippen molar-refractivity contribution in [2.24, 2.45) is 5.92 Å². The van der Waals surface area contributed by atoms with Crippen molar-refractivity contribution in [1.29, 1.82) is 0 Å². The number of carbonyl (C=O) groups is 1. The number of rotatable bonds is 8. The molecule has 0 aliphatic carbocycles. The molecular weight excluding hydrogens is 482 g/mol. The molecule has 4 heterocycles. The van der Waals surface area contributed by atoms with Gasteiger partial charge in [-0.1, -0.05) is 6.07 Å². The molecule has 4 aromatic rings. The van der Waals surface area contributed by atoms with E-state index in [1.165, 1.54) is 0 Å². The van der Waals surface area contributed by atoms with Crippen LogP contribution in [0.1, 0.15) is 18.5 Å². The molecule has 194 valence electrons. The highest BCUT2D eigenvalue weighted by atomic mass is 16.5. The molecule has 11 nitrogen and oxygen atoms in total. The van der Waals surface area contributed by atoms with Crippen LogP contribution in [0, 0.1) is 12.8 Å². The fraction of sp³-hybridized carbons (Fsp3) is 0.259. The number of nitrogens with zero attached hydrogens (tertiary/aromatic N) is 5. The second-order valence-corrected chi connectivity index (χ2v) is 8.87. The van der Waals surface area contributed by atoms with Crippen LogP contribution in [0.2, 0.25) is 0 Å². The number of piperidine rings is 1. The summed E-state index contributed by atoms with van der Waals surface area (Å²) in [5, 5.41) is 12.7. The molecule has 1 aliphatic heterocycles. The van der Waals surface area contributed by atoms with Crippen LogP contribution in [0.25, 0.3) is 11.5 Å². The Balaban J connectivity index is 1.27. The molecule has 11 heteroatoms. The van der Waals surface area contributed by atoms with Gasteiger partial charge in [-0.15, -0.1) is 0 Å². The largest absolute Gasteiger partial charge is 0.494 e. The lowest BCUT2D eigenvalue weighted by molar-refractivity contribution is -0.120. The van der Waals surface area contributed by atoms with Crippen molar-refractivity contribution in [3.63, 3.8) is 0 Å². The highest BCUT2D eigenvalue weighted by molar-refractivity contribution is 5.94. The number of hydrogen-bond donors (Lipinski definition) is 4. The van der Waals surface area contributed by atoms with Crippen molar-refractivity contribution in [3.8, 4) is 17.3 Å². The summed E-state index contributed by atoms with van der Waals surface area (Å²) in [5.41, 5.74) is 2.93. The molecule has 38 heavy (non-hydrogen) atoms. The van der Waals surface area contributed by atoms with Gasteiger partial charge in [-0.25, -0.2) is 19.9 Å². The molecule has 5 rings (SSSR count). The molecular formula is C27H29N9O2. The number of aryl methyl sites for hydroxylation is 1. The highest BCUT2D eigenvalue weighted by Crippen LogP contribution is 2.30. The molecule has 0 bridgehead atoms. The smallest absolute Gasteiger partial charge is 0.229 e. The Morgan fingerprint density at radius 1 is 0.947 bits per heavy atom. The van der Waals surface area contributed by atoms with Gasteiger partial charge >= 0.3 is 0 Å². The van der Waals surface area contributed by atoms with Gasteiger partial charge in [-0.2, -0.15) is 4.98 Å². The zero-order chi connectivity index (χ0) is 26.3. The topological polar surface area (TPSA) is 139 Å². The Morgan fingerprint density at radius 2 is 1.74 bits per heavy atom. The monoisotopic (exact) mass is 511 g/mol. The molecule has 0 saturated carbocycles. The lowest BCUT2D eigenvalue weighted by atomic mass is 9.97. The zero-order valence-corrected chi connectivity index (χ0v) is 21.2. The van der Waals surface area contributed by atoms with Crippen molar-refractivity contribution < 1.29 is 9.53 Å². The molecule has 0 atom stereocenters. The van der Waals surface area contributed by atoms with E-state index in [4.69, 9.17) is 4.74 Å². The summed E-state index contributed by atoms with van der Waals surface area (Å²) in [6, 6.07) is 14.7. The van der Waals surface area contributed by atoms with E-state index in [2.05, 4.69) is 46.2 Å². The van der Waals surface area contributed by atoms with Crippen molar-refractivity contribution in [2.45, 2.75) is 19.8 Å². The third-order valence-corrected chi connectivity index (χ3v) is 6.11. The number of anilines is 5. The summed E-state index contributed by atoms with van der Waals surface area (Å²) in [4.78, 5) is 34.9. The first-order valence-electron chi connectivity index (χ1n) is 12.4. The van der Waals surface area contributed by atoms with E-state index >= 15 is 0 Å². The molecule has 1 aromatic carbocycles. The lowest BCUT2D eigenvalue weighted by Crippen LogP contribution is -2.34. The van der Waals surface area contributed by atoms with Crippen LogP contribution in [0.4, 0.5) is 29.0 Å². The van der Waals surface area contributed by atoms with Gasteiger partial charge in [0, 0.05) is 35.8 Å². The van der Waals surface area contributed by atoms with E-state index < -0.39 is 0 Å². The van der Waals surface area contributed by atoms with Crippen molar-refractivity contribution >= 4 is 34.9 Å². The molecule has 0 radical (unpaired) electrons.